The molecule has 0 bridgehead atoms. The van der Waals surface area contributed by atoms with Gasteiger partial charge in [-0.15, -0.1) is 0 Å². The van der Waals surface area contributed by atoms with Crippen molar-refractivity contribution >= 4 is 80.9 Å². The molecule has 6 nitrogen and oxygen atoms in total. The van der Waals surface area contributed by atoms with E-state index >= 15 is 0 Å². The molecule has 0 spiro atoms. The van der Waals surface area contributed by atoms with E-state index in [9.17, 15) is 0 Å². The van der Waals surface area contributed by atoms with Crippen molar-refractivity contribution in [1.82, 2.24) is 10.6 Å². The molecule has 0 saturated heterocycles. The van der Waals surface area contributed by atoms with Gasteiger partial charge in [0.05, 0.1) is 10.8 Å². The number of anilines is 2. The Morgan fingerprint density at radius 3 is 1.90 bits per heavy atom. The van der Waals surface area contributed by atoms with Gasteiger partial charge in [0.1, 0.15) is 5.40 Å². The molecule has 0 saturated carbocycles. The Kier molecular flexibility index (Phi) is 10.1. The Labute approximate surface area is 190 Å². The van der Waals surface area contributed by atoms with Crippen molar-refractivity contribution in [2.45, 2.75) is 11.3 Å². The molecule has 148 valence electrons. The van der Waals surface area contributed by atoms with Crippen molar-refractivity contribution in [2.75, 3.05) is 23.7 Å². The second-order valence-electron chi connectivity index (χ2n) is 5.58. The molecule has 2 aromatic rings. The molecule has 0 aliphatic heterocycles. The van der Waals surface area contributed by atoms with Gasteiger partial charge < -0.3 is 21.3 Å². The third kappa shape index (κ3) is 9.00. The Balaban J connectivity index is 1.60. The van der Waals surface area contributed by atoms with E-state index in [4.69, 9.17) is 29.7 Å². The maximum absolute atomic E-state index is 8.65. The van der Waals surface area contributed by atoms with E-state index in [-0.39, 0.29) is 0 Å². The quantitative estimate of drug-likeness (QED) is 0.148. The molecule has 0 radical (unpaired) electrons. The summed E-state index contributed by atoms with van der Waals surface area (Å²) in [6.45, 7) is 1.41. The summed E-state index contributed by atoms with van der Waals surface area (Å²) in [6.07, 6.45) is 0.837. The number of aliphatic imine (C=N–C) groups is 1. The molecule has 0 fully saturated rings. The molecule has 0 amide bonds. The smallest absolute Gasteiger partial charge is 0.170 e. The number of thiocyanates is 1. The average molecular weight is 459 g/mol. The van der Waals surface area contributed by atoms with Gasteiger partial charge in [0.2, 0.25) is 0 Å². The predicted molar refractivity (Wildman–Crippen MR) is 132 cm³/mol. The van der Waals surface area contributed by atoms with Crippen molar-refractivity contribution in [3.05, 3.63) is 48.5 Å². The van der Waals surface area contributed by atoms with Gasteiger partial charge in [-0.25, -0.2) is 0 Å². The van der Waals surface area contributed by atoms with Gasteiger partial charge in [-0.1, -0.05) is 0 Å². The van der Waals surface area contributed by atoms with Gasteiger partial charge in [-0.3, -0.25) is 0 Å². The van der Waals surface area contributed by atoms with Crippen LogP contribution in [0.2, 0.25) is 0 Å². The van der Waals surface area contributed by atoms with Gasteiger partial charge in [0, 0.05) is 29.4 Å². The number of rotatable bonds is 8. The van der Waals surface area contributed by atoms with Crippen LogP contribution in [0.4, 0.5) is 17.1 Å². The average Bonchev–Trinajstić information content (AvgIpc) is 2.71. The molecule has 4 N–H and O–H groups in total. The fourth-order valence-corrected chi connectivity index (χ4v) is 3.10. The number of thiocarbonyl (C=S) groups is 3. The highest BCUT2D eigenvalue weighted by Gasteiger charge is 2.00. The van der Waals surface area contributed by atoms with E-state index < -0.39 is 0 Å². The SMILES string of the molecule is N#CSc1ccc(NC(=S)NCCCNC(=S)Nc2ccc(N=C=S)cc2)cc1. The molecular formula is C19H18N6S4. The zero-order valence-electron chi connectivity index (χ0n) is 15.3. The van der Waals surface area contributed by atoms with Crippen LogP contribution in [0.25, 0.3) is 0 Å². The maximum atomic E-state index is 8.65. The number of nitriles is 1. The lowest BCUT2D eigenvalue weighted by molar-refractivity contribution is 0.748. The molecule has 0 heterocycles. The molecule has 0 aromatic heterocycles. The van der Waals surface area contributed by atoms with Crippen LogP contribution in [0.15, 0.2) is 58.4 Å². The van der Waals surface area contributed by atoms with Gasteiger partial charge in [0.25, 0.3) is 0 Å². The molecular weight excluding hydrogens is 441 g/mol. The molecule has 2 rings (SSSR count). The molecule has 0 aliphatic rings. The first kappa shape index (κ1) is 22.7. The van der Waals surface area contributed by atoms with E-state index in [1.54, 1.807) is 0 Å². The highest BCUT2D eigenvalue weighted by Crippen LogP contribution is 2.19. The van der Waals surface area contributed by atoms with Crippen LogP contribution in [0.3, 0.4) is 0 Å². The van der Waals surface area contributed by atoms with E-state index in [0.29, 0.717) is 23.3 Å². The first-order valence-corrected chi connectivity index (χ1v) is 10.6. The number of thioether (sulfide) groups is 1. The third-order valence-electron chi connectivity index (χ3n) is 3.50. The fourth-order valence-electron chi connectivity index (χ4n) is 2.17. The highest BCUT2D eigenvalue weighted by molar-refractivity contribution is 8.03. The largest absolute Gasteiger partial charge is 0.362 e. The number of hydrogen-bond donors (Lipinski definition) is 4. The van der Waals surface area contributed by atoms with Crippen molar-refractivity contribution in [3.63, 3.8) is 0 Å². The second kappa shape index (κ2) is 12.8. The highest BCUT2D eigenvalue weighted by atomic mass is 32.2. The lowest BCUT2D eigenvalue weighted by atomic mass is 10.3. The summed E-state index contributed by atoms with van der Waals surface area (Å²) >= 11 is 16.3. The number of benzene rings is 2. The third-order valence-corrected chi connectivity index (χ3v) is 4.68. The van der Waals surface area contributed by atoms with Crippen LogP contribution < -0.4 is 21.3 Å². The maximum Gasteiger partial charge on any atom is 0.170 e. The van der Waals surface area contributed by atoms with E-state index in [0.717, 1.165) is 40.1 Å². The van der Waals surface area contributed by atoms with Gasteiger partial charge in [-0.2, -0.15) is 10.3 Å². The second-order valence-corrected chi connectivity index (χ2v) is 7.44. The van der Waals surface area contributed by atoms with Crippen molar-refractivity contribution in [3.8, 4) is 5.40 Å². The molecule has 29 heavy (non-hydrogen) atoms. The minimum absolute atomic E-state index is 0.547. The van der Waals surface area contributed by atoms with E-state index in [1.165, 1.54) is 0 Å². The number of hydrogen-bond acceptors (Lipinski definition) is 6. The fraction of sp³-hybridized carbons (Fsp3) is 0.158. The summed E-state index contributed by atoms with van der Waals surface area (Å²) in [6, 6.07) is 14.9. The zero-order valence-corrected chi connectivity index (χ0v) is 18.5. The summed E-state index contributed by atoms with van der Waals surface area (Å²) in [7, 11) is 0. The standard InChI is InChI=1S/C19H18N6S4/c20-12-29-17-8-6-16(7-9-17)25-19(28)22-11-1-10-21-18(27)24-15-4-2-14(3-5-15)23-13-26/h2-9H,1,10-11H2,(H2,21,24,27)(H2,22,25,28). The topological polar surface area (TPSA) is 84.3 Å². The van der Waals surface area contributed by atoms with Crippen molar-refractivity contribution in [1.29, 1.82) is 5.26 Å². The van der Waals surface area contributed by atoms with Crippen molar-refractivity contribution < 1.29 is 0 Å². The lowest BCUT2D eigenvalue weighted by Gasteiger charge is -2.12. The minimum Gasteiger partial charge on any atom is -0.362 e. The summed E-state index contributed by atoms with van der Waals surface area (Å²) < 4.78 is 0. The van der Waals surface area contributed by atoms with Crippen LogP contribution in [0, 0.1) is 10.7 Å². The minimum atomic E-state index is 0.547. The summed E-state index contributed by atoms with van der Waals surface area (Å²) in [5, 5.41) is 26.6. The molecule has 0 atom stereocenters. The molecule has 0 unspecified atom stereocenters. The summed E-state index contributed by atoms with van der Waals surface area (Å²) in [5.74, 6) is 0. The monoisotopic (exact) mass is 458 g/mol. The number of nitrogens with one attached hydrogen (secondary N) is 4. The molecule has 0 aliphatic carbocycles. The number of nitrogens with zero attached hydrogens (tertiary/aromatic N) is 2. The Hall–Kier alpha value is -2.54. The Bertz CT molecular complexity index is 915. The van der Waals surface area contributed by atoms with Crippen molar-refractivity contribution in [2.24, 2.45) is 4.99 Å². The summed E-state index contributed by atoms with van der Waals surface area (Å²) in [5.41, 5.74) is 2.49. The summed E-state index contributed by atoms with van der Waals surface area (Å²) in [4.78, 5) is 4.80. The molecule has 2 aromatic carbocycles. The van der Waals surface area contributed by atoms with Crippen LogP contribution in [-0.2, 0) is 0 Å². The van der Waals surface area contributed by atoms with E-state index in [2.05, 4.69) is 43.6 Å². The lowest BCUT2D eigenvalue weighted by Crippen LogP contribution is -2.33. The van der Waals surface area contributed by atoms with Gasteiger partial charge in [0.15, 0.2) is 10.2 Å². The Morgan fingerprint density at radius 2 is 1.41 bits per heavy atom. The van der Waals surface area contributed by atoms with Crippen LogP contribution >= 0.6 is 48.4 Å². The Morgan fingerprint density at radius 1 is 0.897 bits per heavy atom. The first-order valence-electron chi connectivity index (χ1n) is 8.54. The van der Waals surface area contributed by atoms with E-state index in [1.807, 2.05) is 53.9 Å². The number of isothiocyanates is 1. The van der Waals surface area contributed by atoms with Crippen LogP contribution in [0.5, 0.6) is 0 Å². The van der Waals surface area contributed by atoms with Gasteiger partial charge in [-0.05, 0) is 103 Å². The molecule has 10 heteroatoms. The predicted octanol–water partition coefficient (Wildman–Crippen LogP) is 4.66. The first-order chi connectivity index (χ1) is 14.1. The zero-order chi connectivity index (χ0) is 20.9. The normalized spacial score (nSPS) is 9.48. The van der Waals surface area contributed by atoms with Crippen LogP contribution in [0.1, 0.15) is 6.42 Å². The van der Waals surface area contributed by atoms with Crippen LogP contribution in [-0.4, -0.2) is 28.5 Å². The van der Waals surface area contributed by atoms with Gasteiger partial charge >= 0.3 is 0 Å².